The first-order valence-electron chi connectivity index (χ1n) is 4.75. The number of halogens is 1. The molecular formula is C11H14ClNO2. The second-order valence-electron chi connectivity index (χ2n) is 3.44. The van der Waals surface area contributed by atoms with E-state index in [1.165, 1.54) is 0 Å². The molecule has 0 saturated heterocycles. The highest BCUT2D eigenvalue weighted by molar-refractivity contribution is 6.31. The summed E-state index contributed by atoms with van der Waals surface area (Å²) in [5, 5.41) is 12.6. The van der Waals surface area contributed by atoms with Crippen LogP contribution < -0.4 is 5.32 Å². The number of aliphatic carboxylic acids is 1. The Morgan fingerprint density at radius 1 is 1.53 bits per heavy atom. The first kappa shape index (κ1) is 12.0. The zero-order chi connectivity index (χ0) is 11.5. The normalized spacial score (nSPS) is 14.6. The van der Waals surface area contributed by atoms with Gasteiger partial charge in [-0.1, -0.05) is 36.7 Å². The Labute approximate surface area is 94.1 Å². The van der Waals surface area contributed by atoms with Crippen LogP contribution >= 0.6 is 11.6 Å². The third kappa shape index (κ3) is 2.30. The fourth-order valence-electron chi connectivity index (χ4n) is 1.51. The van der Waals surface area contributed by atoms with Gasteiger partial charge in [0.05, 0.1) is 0 Å². The summed E-state index contributed by atoms with van der Waals surface area (Å²) in [4.78, 5) is 11.2. The second kappa shape index (κ2) is 4.64. The van der Waals surface area contributed by atoms with Crippen LogP contribution in [0.2, 0.25) is 5.02 Å². The van der Waals surface area contributed by atoms with Crippen molar-refractivity contribution in [1.29, 1.82) is 0 Å². The summed E-state index contributed by atoms with van der Waals surface area (Å²) in [7, 11) is 0. The van der Waals surface area contributed by atoms with Crippen LogP contribution in [0.1, 0.15) is 19.4 Å². The molecule has 0 aliphatic rings. The van der Waals surface area contributed by atoms with E-state index < -0.39 is 11.5 Å². The van der Waals surface area contributed by atoms with E-state index in [4.69, 9.17) is 11.6 Å². The highest BCUT2D eigenvalue weighted by Gasteiger charge is 2.35. The van der Waals surface area contributed by atoms with E-state index in [0.717, 1.165) is 0 Å². The molecule has 15 heavy (non-hydrogen) atoms. The first-order valence-corrected chi connectivity index (χ1v) is 5.13. The van der Waals surface area contributed by atoms with E-state index in [-0.39, 0.29) is 0 Å². The highest BCUT2D eigenvalue weighted by Crippen LogP contribution is 2.27. The molecule has 0 radical (unpaired) electrons. The van der Waals surface area contributed by atoms with Gasteiger partial charge in [-0.15, -0.1) is 0 Å². The molecule has 0 spiro atoms. The van der Waals surface area contributed by atoms with E-state index >= 15 is 0 Å². The predicted molar refractivity (Wildman–Crippen MR) is 60.1 cm³/mol. The number of carbonyl (C=O) groups is 1. The Hall–Kier alpha value is -1.06. The Bertz CT molecular complexity index is 367. The SMILES string of the molecule is CCN[C@](C)(C(=O)O)c1ccccc1Cl. The molecule has 0 fully saturated rings. The van der Waals surface area contributed by atoms with Crippen LogP contribution in [-0.2, 0) is 10.3 Å². The molecule has 4 heteroatoms. The van der Waals surface area contributed by atoms with Gasteiger partial charge in [-0.2, -0.15) is 0 Å². The van der Waals surface area contributed by atoms with Crippen LogP contribution in [0, 0.1) is 0 Å². The minimum Gasteiger partial charge on any atom is -0.480 e. The molecule has 2 N–H and O–H groups in total. The fraction of sp³-hybridized carbons (Fsp3) is 0.364. The van der Waals surface area contributed by atoms with Crippen LogP contribution in [0.3, 0.4) is 0 Å². The van der Waals surface area contributed by atoms with Gasteiger partial charge in [-0.05, 0) is 19.5 Å². The minimum absolute atomic E-state index is 0.461. The maximum Gasteiger partial charge on any atom is 0.328 e. The largest absolute Gasteiger partial charge is 0.480 e. The summed E-state index contributed by atoms with van der Waals surface area (Å²) in [6.45, 7) is 4.03. The van der Waals surface area contributed by atoms with Crippen molar-refractivity contribution in [2.24, 2.45) is 0 Å². The molecule has 1 rings (SSSR count). The number of hydrogen-bond donors (Lipinski definition) is 2. The maximum atomic E-state index is 11.2. The lowest BCUT2D eigenvalue weighted by molar-refractivity contribution is -0.144. The summed E-state index contributed by atoms with van der Waals surface area (Å²) in [5.41, 5.74) is -0.548. The zero-order valence-corrected chi connectivity index (χ0v) is 9.51. The Morgan fingerprint density at radius 2 is 2.13 bits per heavy atom. The van der Waals surface area contributed by atoms with Crippen molar-refractivity contribution in [2.45, 2.75) is 19.4 Å². The molecule has 0 amide bonds. The number of carboxylic acids is 1. The van der Waals surface area contributed by atoms with Gasteiger partial charge in [0, 0.05) is 10.6 Å². The molecule has 0 saturated carbocycles. The Morgan fingerprint density at radius 3 is 2.60 bits per heavy atom. The Kier molecular flexibility index (Phi) is 3.72. The third-order valence-corrected chi connectivity index (χ3v) is 2.70. The van der Waals surface area contributed by atoms with Gasteiger partial charge in [0.2, 0.25) is 0 Å². The smallest absolute Gasteiger partial charge is 0.328 e. The standard InChI is InChI=1S/C11H14ClNO2/c1-3-13-11(2,10(14)15)8-6-4-5-7-9(8)12/h4-7,13H,3H2,1-2H3,(H,14,15)/t11-/m0/s1. The van der Waals surface area contributed by atoms with E-state index in [1.54, 1.807) is 31.2 Å². The number of rotatable bonds is 4. The highest BCUT2D eigenvalue weighted by atomic mass is 35.5. The molecule has 1 atom stereocenters. The molecule has 0 aromatic heterocycles. The quantitative estimate of drug-likeness (QED) is 0.830. The minimum atomic E-state index is -1.13. The van der Waals surface area contributed by atoms with Gasteiger partial charge < -0.3 is 5.11 Å². The van der Waals surface area contributed by atoms with Crippen LogP contribution in [-0.4, -0.2) is 17.6 Å². The van der Waals surface area contributed by atoms with E-state index in [1.807, 2.05) is 6.92 Å². The summed E-state index contributed by atoms with van der Waals surface area (Å²) in [6.07, 6.45) is 0. The van der Waals surface area contributed by atoms with Crippen molar-refractivity contribution in [1.82, 2.24) is 5.32 Å². The van der Waals surface area contributed by atoms with Gasteiger partial charge in [-0.25, -0.2) is 4.79 Å². The topological polar surface area (TPSA) is 49.3 Å². The molecule has 0 aliphatic carbocycles. The number of carboxylic acid groups (broad SMARTS) is 1. The monoisotopic (exact) mass is 227 g/mol. The van der Waals surface area contributed by atoms with Crippen molar-refractivity contribution in [2.75, 3.05) is 6.54 Å². The third-order valence-electron chi connectivity index (χ3n) is 2.37. The van der Waals surface area contributed by atoms with E-state index in [2.05, 4.69) is 5.32 Å². The van der Waals surface area contributed by atoms with Gasteiger partial charge in [0.15, 0.2) is 0 Å². The molecule has 0 aliphatic heterocycles. The fourth-order valence-corrected chi connectivity index (χ4v) is 1.83. The van der Waals surface area contributed by atoms with E-state index in [9.17, 15) is 9.90 Å². The lowest BCUT2D eigenvalue weighted by Crippen LogP contribution is -2.46. The maximum absolute atomic E-state index is 11.2. The van der Waals surface area contributed by atoms with Crippen molar-refractivity contribution in [3.05, 3.63) is 34.9 Å². The summed E-state index contributed by atoms with van der Waals surface area (Å²) >= 11 is 5.99. The first-order chi connectivity index (χ1) is 7.02. The second-order valence-corrected chi connectivity index (χ2v) is 3.85. The molecule has 0 bridgehead atoms. The van der Waals surface area contributed by atoms with Crippen molar-refractivity contribution in [3.8, 4) is 0 Å². The van der Waals surface area contributed by atoms with Gasteiger partial charge >= 0.3 is 5.97 Å². The van der Waals surface area contributed by atoms with Gasteiger partial charge in [-0.3, -0.25) is 5.32 Å². The molecule has 0 heterocycles. The molecule has 82 valence electrons. The Balaban J connectivity index is 3.21. The molecule has 0 unspecified atom stereocenters. The average Bonchev–Trinajstić information content (AvgIpc) is 2.18. The molecular weight excluding hydrogens is 214 g/mol. The molecule has 3 nitrogen and oxygen atoms in total. The van der Waals surface area contributed by atoms with Gasteiger partial charge in [0.1, 0.15) is 5.54 Å². The molecule has 1 aromatic rings. The van der Waals surface area contributed by atoms with Gasteiger partial charge in [0.25, 0.3) is 0 Å². The van der Waals surface area contributed by atoms with Crippen molar-refractivity contribution < 1.29 is 9.90 Å². The predicted octanol–water partition coefficient (Wildman–Crippen LogP) is 2.25. The number of hydrogen-bond acceptors (Lipinski definition) is 2. The van der Waals surface area contributed by atoms with Crippen molar-refractivity contribution >= 4 is 17.6 Å². The van der Waals surface area contributed by atoms with Crippen molar-refractivity contribution in [3.63, 3.8) is 0 Å². The zero-order valence-electron chi connectivity index (χ0n) is 8.75. The number of likely N-dealkylation sites (N-methyl/N-ethyl adjacent to an activating group) is 1. The summed E-state index contributed by atoms with van der Waals surface area (Å²) in [5.74, 6) is -0.933. The average molecular weight is 228 g/mol. The number of benzene rings is 1. The summed E-state index contributed by atoms with van der Waals surface area (Å²) < 4.78 is 0. The lowest BCUT2D eigenvalue weighted by Gasteiger charge is -2.27. The van der Waals surface area contributed by atoms with E-state index in [0.29, 0.717) is 17.1 Å². The van der Waals surface area contributed by atoms with Crippen LogP contribution in [0.5, 0.6) is 0 Å². The van der Waals surface area contributed by atoms with Crippen LogP contribution in [0.15, 0.2) is 24.3 Å². The lowest BCUT2D eigenvalue weighted by atomic mass is 9.92. The number of nitrogens with one attached hydrogen (secondary N) is 1. The summed E-state index contributed by atoms with van der Waals surface area (Å²) in [6, 6.07) is 6.97. The molecule has 1 aromatic carbocycles. The van der Waals surface area contributed by atoms with Crippen LogP contribution in [0.25, 0.3) is 0 Å². The van der Waals surface area contributed by atoms with Crippen LogP contribution in [0.4, 0.5) is 0 Å².